The summed E-state index contributed by atoms with van der Waals surface area (Å²) in [4.78, 5) is 0. The molecule has 0 radical (unpaired) electrons. The van der Waals surface area contributed by atoms with Gasteiger partial charge in [-0.1, -0.05) is 60.7 Å². The van der Waals surface area contributed by atoms with E-state index in [0.717, 1.165) is 39.8 Å². The van der Waals surface area contributed by atoms with Crippen LogP contribution in [0.4, 0.5) is 0 Å². The summed E-state index contributed by atoms with van der Waals surface area (Å²) in [5.74, 6) is 3.66. The summed E-state index contributed by atoms with van der Waals surface area (Å²) in [6, 6.07) is 45.9. The van der Waals surface area contributed by atoms with Crippen molar-refractivity contribution in [3.05, 3.63) is 127 Å². The average molecular weight is 572 g/mol. The first-order chi connectivity index (χ1) is 22.3. The fourth-order valence-electron chi connectivity index (χ4n) is 8.68. The highest BCUT2D eigenvalue weighted by molar-refractivity contribution is 7.02. The van der Waals surface area contributed by atoms with Gasteiger partial charge in [0.2, 0.25) is 0 Å². The SMILES string of the molecule is c1cc(-n2c3ccccc3c3ccccc32)cc(-n2c3ccc4c5c3c3c6c7c(ccc6ccc32)Oc2cccc(c2B75)O4)c1. The van der Waals surface area contributed by atoms with Crippen LogP contribution in [0.2, 0.25) is 0 Å². The topological polar surface area (TPSA) is 28.3 Å². The molecule has 0 saturated carbocycles. The van der Waals surface area contributed by atoms with Gasteiger partial charge in [0.25, 0.3) is 6.71 Å². The Bertz CT molecular complexity index is 2770. The van der Waals surface area contributed by atoms with Crippen LogP contribution in [0.25, 0.3) is 65.8 Å². The van der Waals surface area contributed by atoms with Crippen molar-refractivity contribution in [2.75, 3.05) is 0 Å². The van der Waals surface area contributed by atoms with Gasteiger partial charge in [-0.2, -0.15) is 0 Å². The van der Waals surface area contributed by atoms with E-state index in [2.05, 4.69) is 130 Å². The second kappa shape index (κ2) is 7.58. The van der Waals surface area contributed by atoms with Gasteiger partial charge in [0.15, 0.2) is 0 Å². The molecule has 5 heteroatoms. The molecule has 7 aromatic carbocycles. The van der Waals surface area contributed by atoms with Gasteiger partial charge in [0.05, 0.1) is 22.1 Å². The lowest BCUT2D eigenvalue weighted by molar-refractivity contribution is 0.465. The van der Waals surface area contributed by atoms with Crippen LogP contribution < -0.4 is 25.9 Å². The second-order valence-electron chi connectivity index (χ2n) is 12.4. The van der Waals surface area contributed by atoms with Crippen LogP contribution in [0.3, 0.4) is 0 Å². The number of hydrogen-bond acceptors (Lipinski definition) is 2. The van der Waals surface area contributed by atoms with E-state index >= 15 is 0 Å². The van der Waals surface area contributed by atoms with E-state index < -0.39 is 0 Å². The Morgan fingerprint density at radius 3 is 1.67 bits per heavy atom. The summed E-state index contributed by atoms with van der Waals surface area (Å²) in [5.41, 5.74) is 10.7. The molecule has 0 unspecified atom stereocenters. The van der Waals surface area contributed by atoms with Crippen LogP contribution in [-0.2, 0) is 0 Å². The van der Waals surface area contributed by atoms with E-state index in [4.69, 9.17) is 9.47 Å². The molecule has 0 fully saturated rings. The van der Waals surface area contributed by atoms with Crippen LogP contribution in [0.5, 0.6) is 23.0 Å². The maximum atomic E-state index is 6.61. The molecule has 3 aliphatic rings. The van der Waals surface area contributed by atoms with Gasteiger partial charge in [-0.3, -0.25) is 0 Å². The maximum Gasteiger partial charge on any atom is 0.262 e. The van der Waals surface area contributed by atoms with Crippen molar-refractivity contribution in [1.82, 2.24) is 9.13 Å². The largest absolute Gasteiger partial charge is 0.458 e. The summed E-state index contributed by atoms with van der Waals surface area (Å²) in [6.45, 7) is 0.0778. The van der Waals surface area contributed by atoms with Crippen molar-refractivity contribution >= 4 is 77.5 Å². The zero-order valence-corrected chi connectivity index (χ0v) is 23.9. The number of hydrogen-bond donors (Lipinski definition) is 0. The van der Waals surface area contributed by atoms with E-state index in [9.17, 15) is 0 Å². The smallest absolute Gasteiger partial charge is 0.262 e. The first kappa shape index (κ1) is 22.6. The van der Waals surface area contributed by atoms with Crippen LogP contribution >= 0.6 is 0 Å². The summed E-state index contributed by atoms with van der Waals surface area (Å²) < 4.78 is 18.0. The molecule has 0 aliphatic carbocycles. The van der Waals surface area contributed by atoms with Crippen molar-refractivity contribution in [3.8, 4) is 34.4 Å². The molecule has 0 spiro atoms. The van der Waals surface area contributed by atoms with Gasteiger partial charge < -0.3 is 18.6 Å². The van der Waals surface area contributed by atoms with Gasteiger partial charge >= 0.3 is 0 Å². The van der Waals surface area contributed by atoms with Gasteiger partial charge in [-0.25, -0.2) is 0 Å². The van der Waals surface area contributed by atoms with Gasteiger partial charge in [0, 0.05) is 38.4 Å². The fourth-order valence-corrected chi connectivity index (χ4v) is 8.68. The number of nitrogens with zero attached hydrogens (tertiary/aromatic N) is 2. The zero-order valence-electron chi connectivity index (χ0n) is 23.9. The summed E-state index contributed by atoms with van der Waals surface area (Å²) in [7, 11) is 0. The highest BCUT2D eigenvalue weighted by Crippen LogP contribution is 2.45. The Balaban J connectivity index is 1.21. The average Bonchev–Trinajstić information content (AvgIpc) is 3.61. The number of benzene rings is 7. The number of para-hydroxylation sites is 2. The fraction of sp³-hybridized carbons (Fsp3) is 0. The number of rotatable bonds is 2. The zero-order chi connectivity index (χ0) is 29.0. The standard InChI is InChI=1S/C40H21BN2O2/c1-3-11-27-25(9-1)26-10-2-4-12-28(26)42(27)23-7-5-8-24(21-23)43-29-17-15-22-16-19-33-39-35(22)36(29)37-30(43)18-20-34-40(37)41(39)38-31(44-33)13-6-14-32(38)45-34/h1-21H. The molecule has 3 aliphatic heterocycles. The van der Waals surface area contributed by atoms with E-state index in [1.807, 2.05) is 6.07 Å². The molecule has 9 aromatic rings. The highest BCUT2D eigenvalue weighted by Gasteiger charge is 2.45. The third-order valence-electron chi connectivity index (χ3n) is 10.3. The van der Waals surface area contributed by atoms with Crippen molar-refractivity contribution in [2.45, 2.75) is 0 Å². The van der Waals surface area contributed by atoms with E-state index in [1.54, 1.807) is 0 Å². The van der Waals surface area contributed by atoms with Crippen LogP contribution in [-0.4, -0.2) is 15.8 Å². The molecule has 0 bridgehead atoms. The first-order valence-electron chi connectivity index (χ1n) is 15.5. The van der Waals surface area contributed by atoms with Gasteiger partial charge in [0.1, 0.15) is 23.0 Å². The van der Waals surface area contributed by atoms with E-state index in [-0.39, 0.29) is 6.71 Å². The lowest BCUT2D eigenvalue weighted by Crippen LogP contribution is -2.58. The summed E-state index contributed by atoms with van der Waals surface area (Å²) in [6.07, 6.45) is 0. The summed E-state index contributed by atoms with van der Waals surface area (Å²) >= 11 is 0. The van der Waals surface area contributed by atoms with E-state index in [1.165, 1.54) is 65.3 Å². The van der Waals surface area contributed by atoms with Crippen LogP contribution in [0, 0.1) is 0 Å². The third-order valence-corrected chi connectivity index (χ3v) is 10.3. The van der Waals surface area contributed by atoms with Crippen molar-refractivity contribution in [2.24, 2.45) is 0 Å². The lowest BCUT2D eigenvalue weighted by Gasteiger charge is -2.35. The van der Waals surface area contributed by atoms with Crippen molar-refractivity contribution in [3.63, 3.8) is 0 Å². The normalized spacial score (nSPS) is 13.6. The van der Waals surface area contributed by atoms with Crippen LogP contribution in [0.15, 0.2) is 127 Å². The minimum atomic E-state index is 0.0778. The predicted octanol–water partition coefficient (Wildman–Crippen LogP) is 8.08. The molecular weight excluding hydrogens is 551 g/mol. The number of fused-ring (bicyclic) bond motifs is 3. The monoisotopic (exact) mass is 572 g/mol. The molecule has 4 nitrogen and oxygen atoms in total. The Labute approximate surface area is 257 Å². The van der Waals surface area contributed by atoms with Gasteiger partial charge in [-0.05, 0) is 88.4 Å². The molecule has 0 atom stereocenters. The quantitative estimate of drug-likeness (QED) is 0.196. The Morgan fingerprint density at radius 2 is 0.933 bits per heavy atom. The number of ether oxygens (including phenoxy) is 2. The Kier molecular flexibility index (Phi) is 3.80. The minimum Gasteiger partial charge on any atom is -0.458 e. The molecule has 2 aromatic heterocycles. The van der Waals surface area contributed by atoms with Crippen molar-refractivity contribution in [1.29, 1.82) is 0 Å². The molecule has 45 heavy (non-hydrogen) atoms. The number of aromatic nitrogens is 2. The van der Waals surface area contributed by atoms with Crippen molar-refractivity contribution < 1.29 is 9.47 Å². The molecule has 0 amide bonds. The minimum absolute atomic E-state index is 0.0778. The van der Waals surface area contributed by atoms with Gasteiger partial charge in [-0.15, -0.1) is 0 Å². The molecule has 0 saturated heterocycles. The van der Waals surface area contributed by atoms with Crippen LogP contribution in [0.1, 0.15) is 0 Å². The molecule has 0 N–H and O–H groups in total. The highest BCUT2D eigenvalue weighted by atomic mass is 16.5. The second-order valence-corrected chi connectivity index (χ2v) is 12.4. The predicted molar refractivity (Wildman–Crippen MR) is 184 cm³/mol. The van der Waals surface area contributed by atoms with E-state index in [0.29, 0.717) is 0 Å². The molecule has 12 rings (SSSR count). The Hall–Kier alpha value is -5.94. The first-order valence-corrected chi connectivity index (χ1v) is 15.5. The molecule has 206 valence electrons. The molecular formula is C40H21BN2O2. The Morgan fingerprint density at radius 1 is 0.400 bits per heavy atom. The lowest BCUT2D eigenvalue weighted by atomic mass is 9.32. The summed E-state index contributed by atoms with van der Waals surface area (Å²) in [5, 5.41) is 7.63. The third kappa shape index (κ3) is 2.56. The molecule has 5 heterocycles. The maximum absolute atomic E-state index is 6.61.